The van der Waals surface area contributed by atoms with Gasteiger partial charge in [0.05, 0.1) is 0 Å². The topological polar surface area (TPSA) is 356 Å². The molecule has 1 aromatic heterocycles. The van der Waals surface area contributed by atoms with Gasteiger partial charge in [0, 0.05) is 56.4 Å². The van der Waals surface area contributed by atoms with E-state index in [1.807, 2.05) is 31.2 Å². The van der Waals surface area contributed by atoms with Crippen LogP contribution in [-0.4, -0.2) is 119 Å². The minimum atomic E-state index is -1.42. The van der Waals surface area contributed by atoms with E-state index in [-0.39, 0.29) is 70.4 Å². The lowest BCUT2D eigenvalue weighted by molar-refractivity contribution is -0.135. The van der Waals surface area contributed by atoms with E-state index in [0.29, 0.717) is 24.0 Å². The van der Waals surface area contributed by atoms with Crippen LogP contribution in [0, 0.1) is 0 Å². The Morgan fingerprint density at radius 1 is 0.794 bits per heavy atom. The van der Waals surface area contributed by atoms with Crippen LogP contribution in [0.3, 0.4) is 0 Å². The quantitative estimate of drug-likeness (QED) is 0.0416. The number of nitrogens with zero attached hydrogens (tertiary/aromatic N) is 1. The molecule has 1 saturated heterocycles. The minimum Gasteiger partial charge on any atom is -0.370 e. The number of aromatic amines is 1. The van der Waals surface area contributed by atoms with Gasteiger partial charge in [0.25, 0.3) is 0 Å². The van der Waals surface area contributed by atoms with Crippen molar-refractivity contribution in [2.24, 2.45) is 22.2 Å². The molecule has 0 aliphatic carbocycles. The number of benzene rings is 2. The third-order valence-electron chi connectivity index (χ3n) is 11.2. The summed E-state index contributed by atoms with van der Waals surface area (Å²) in [4.78, 5) is 129. The molecule has 3 aromatic rings. The molecule has 1 aliphatic heterocycles. The molecule has 1 aliphatic rings. The zero-order valence-corrected chi connectivity index (χ0v) is 38.7. The number of nitrogens with one attached hydrogen (secondary N) is 9. The van der Waals surface area contributed by atoms with Gasteiger partial charge in [-0.3, -0.25) is 48.1 Å². The molecule has 0 bridgehead atoms. The Hall–Kier alpha value is -7.52. The second kappa shape index (κ2) is 26.6. The summed E-state index contributed by atoms with van der Waals surface area (Å²) in [6, 6.07) is 7.10. The molecule has 0 spiro atoms. The third-order valence-corrected chi connectivity index (χ3v) is 11.2. The Balaban J connectivity index is 1.69. The molecular weight excluding hydrogens is 879 g/mol. The normalized spacial score (nSPS) is 20.8. The summed E-state index contributed by atoms with van der Waals surface area (Å²) in [5, 5.41) is 21.9. The van der Waals surface area contributed by atoms with E-state index < -0.39 is 95.5 Å². The molecule has 22 heteroatoms. The van der Waals surface area contributed by atoms with Crippen molar-refractivity contribution in [3.05, 3.63) is 71.9 Å². The summed E-state index contributed by atoms with van der Waals surface area (Å²) in [7, 11) is 0. The van der Waals surface area contributed by atoms with Crippen LogP contribution < -0.4 is 59.7 Å². The van der Waals surface area contributed by atoms with Crippen molar-refractivity contribution in [3.63, 3.8) is 0 Å². The molecule has 9 amide bonds. The predicted molar refractivity (Wildman–Crippen MR) is 253 cm³/mol. The van der Waals surface area contributed by atoms with Crippen LogP contribution in [0.2, 0.25) is 0 Å². The van der Waals surface area contributed by atoms with Crippen molar-refractivity contribution in [3.8, 4) is 0 Å². The van der Waals surface area contributed by atoms with Crippen molar-refractivity contribution < 1.29 is 43.2 Å². The molecule has 4 rings (SSSR count). The van der Waals surface area contributed by atoms with Crippen molar-refractivity contribution in [2.75, 3.05) is 13.1 Å². The summed E-state index contributed by atoms with van der Waals surface area (Å²) in [6.07, 6.45) is 2.53. The van der Waals surface area contributed by atoms with E-state index in [1.165, 1.54) is 13.8 Å². The van der Waals surface area contributed by atoms with Crippen LogP contribution in [0.5, 0.6) is 0 Å². The van der Waals surface area contributed by atoms with Gasteiger partial charge in [-0.1, -0.05) is 68.3 Å². The van der Waals surface area contributed by atoms with Crippen molar-refractivity contribution in [2.45, 2.75) is 127 Å². The second-order valence-electron chi connectivity index (χ2n) is 16.7. The highest BCUT2D eigenvalue weighted by molar-refractivity contribution is 5.98. The molecule has 0 saturated carbocycles. The number of para-hydroxylation sites is 1. The first-order chi connectivity index (χ1) is 32.4. The number of fused-ring (bicyclic) bond motifs is 1. The van der Waals surface area contributed by atoms with Crippen molar-refractivity contribution in [1.82, 2.24) is 47.5 Å². The van der Waals surface area contributed by atoms with Gasteiger partial charge in [0.1, 0.15) is 42.3 Å². The Kier molecular flexibility index (Phi) is 20.8. The van der Waals surface area contributed by atoms with Crippen LogP contribution in [0.1, 0.15) is 83.3 Å². The lowest BCUT2D eigenvalue weighted by atomic mass is 10.0. The van der Waals surface area contributed by atoms with Gasteiger partial charge in [-0.2, -0.15) is 0 Å². The summed E-state index contributed by atoms with van der Waals surface area (Å²) in [5.41, 5.74) is 18.9. The summed E-state index contributed by atoms with van der Waals surface area (Å²) in [5.74, 6) is -6.85. The average Bonchev–Trinajstić information content (AvgIpc) is 3.71. The SMILES string of the molecule is CCCC[C@H](NC(C)=O)C(=O)N[C@H]1CCC(=O)NCC[C@@H](C(=O)NC(Cc2c[nH]c3ccccc23)C(N)=O)NC(=O)[C@H](CCCN=C(N)N)NC(=O)[C@@H](Cc2ccccc2)NC(=O)[C@H](C)NC1=O. The fraction of sp³-hybridized carbons (Fsp3) is 0.478. The predicted octanol–water partition coefficient (Wildman–Crippen LogP) is -1.58. The molecule has 1 fully saturated rings. The Labute approximate surface area is 394 Å². The lowest BCUT2D eigenvalue weighted by Gasteiger charge is -2.27. The average molecular weight is 944 g/mol. The number of aliphatic imine (C=N–C) groups is 1. The van der Waals surface area contributed by atoms with Gasteiger partial charge >= 0.3 is 0 Å². The van der Waals surface area contributed by atoms with Gasteiger partial charge in [-0.25, -0.2) is 0 Å². The molecule has 22 nitrogen and oxygen atoms in total. The Morgan fingerprint density at radius 3 is 2.18 bits per heavy atom. The fourth-order valence-corrected chi connectivity index (χ4v) is 7.52. The van der Waals surface area contributed by atoms with E-state index in [4.69, 9.17) is 17.2 Å². The number of nitrogens with two attached hydrogens (primary N) is 3. The largest absolute Gasteiger partial charge is 0.370 e. The highest BCUT2D eigenvalue weighted by Crippen LogP contribution is 2.19. The maximum absolute atomic E-state index is 14.3. The molecule has 0 radical (unpaired) electrons. The molecule has 7 atom stereocenters. The Bertz CT molecular complexity index is 2280. The fourth-order valence-electron chi connectivity index (χ4n) is 7.52. The number of hydrogen-bond donors (Lipinski definition) is 12. The number of aromatic nitrogens is 1. The standard InChI is InChI=1S/C46H65N13O9/c1-4-5-15-32(54-27(3)60)42(65)56-34-18-19-38(61)50-22-20-35(44(67)58-36(39(47)62)24-29-25-52-31-16-10-9-14-30(29)31)57-43(66)33(17-11-21-51-46(48)49)55-45(68)37(23-28-12-7-6-8-13-28)59-40(63)26(2)53-41(34)64/h6-10,12-14,16,25-26,32-37,52H,4-5,11,15,17-24H2,1-3H3,(H2,47,62)(H,50,61)(H,53,64)(H,54,60)(H,55,68)(H,56,65)(H,57,66)(H,58,67)(H,59,63)(H4,48,49,51)/t26-,32-,33-,34-,35-,36?,37+/m0/s1. The number of carbonyl (C=O) groups excluding carboxylic acids is 9. The highest BCUT2D eigenvalue weighted by Gasteiger charge is 2.34. The van der Waals surface area contributed by atoms with Gasteiger partial charge in [-0.05, 0) is 56.2 Å². The number of guanidine groups is 1. The molecule has 368 valence electrons. The molecule has 2 heterocycles. The summed E-state index contributed by atoms with van der Waals surface area (Å²) < 4.78 is 0. The molecular formula is C46H65N13O9. The number of unbranched alkanes of at least 4 members (excludes halogenated alkanes) is 1. The van der Waals surface area contributed by atoms with Gasteiger partial charge in [0.2, 0.25) is 53.2 Å². The van der Waals surface area contributed by atoms with E-state index in [9.17, 15) is 43.2 Å². The molecule has 15 N–H and O–H groups in total. The molecule has 1 unspecified atom stereocenters. The number of H-pyrrole nitrogens is 1. The van der Waals surface area contributed by atoms with Crippen LogP contribution in [-0.2, 0) is 56.0 Å². The number of amides is 9. The van der Waals surface area contributed by atoms with Crippen LogP contribution >= 0.6 is 0 Å². The molecule has 68 heavy (non-hydrogen) atoms. The maximum Gasteiger partial charge on any atom is 0.243 e. The lowest BCUT2D eigenvalue weighted by Crippen LogP contribution is -2.60. The smallest absolute Gasteiger partial charge is 0.243 e. The number of primary amides is 1. The maximum atomic E-state index is 14.3. The number of rotatable bonds is 17. The number of carbonyl (C=O) groups is 9. The van der Waals surface area contributed by atoms with E-state index in [0.717, 1.165) is 10.9 Å². The Morgan fingerprint density at radius 2 is 1.49 bits per heavy atom. The first kappa shape index (κ1) is 53.1. The van der Waals surface area contributed by atoms with Crippen LogP contribution in [0.15, 0.2) is 65.8 Å². The molecule has 2 aromatic carbocycles. The summed E-state index contributed by atoms with van der Waals surface area (Å²) in [6.45, 7) is 4.40. The van der Waals surface area contributed by atoms with Crippen LogP contribution in [0.4, 0.5) is 0 Å². The first-order valence-corrected chi connectivity index (χ1v) is 22.7. The van der Waals surface area contributed by atoms with E-state index in [2.05, 4.69) is 52.5 Å². The first-order valence-electron chi connectivity index (χ1n) is 22.7. The van der Waals surface area contributed by atoms with Crippen LogP contribution in [0.25, 0.3) is 10.9 Å². The number of hydrogen-bond acceptors (Lipinski definition) is 10. The highest BCUT2D eigenvalue weighted by atomic mass is 16.2. The monoisotopic (exact) mass is 944 g/mol. The zero-order chi connectivity index (χ0) is 49.8. The van der Waals surface area contributed by atoms with E-state index >= 15 is 0 Å². The van der Waals surface area contributed by atoms with Gasteiger partial charge in [0.15, 0.2) is 5.96 Å². The van der Waals surface area contributed by atoms with Crippen molar-refractivity contribution in [1.29, 1.82) is 0 Å². The third kappa shape index (κ3) is 17.0. The summed E-state index contributed by atoms with van der Waals surface area (Å²) >= 11 is 0. The van der Waals surface area contributed by atoms with Gasteiger partial charge < -0.3 is 64.7 Å². The second-order valence-corrected chi connectivity index (χ2v) is 16.7. The van der Waals surface area contributed by atoms with E-state index in [1.54, 1.807) is 36.5 Å². The zero-order valence-electron chi connectivity index (χ0n) is 38.7. The van der Waals surface area contributed by atoms with Gasteiger partial charge in [-0.15, -0.1) is 0 Å². The van der Waals surface area contributed by atoms with Crippen molar-refractivity contribution >= 4 is 70.0 Å². The minimum absolute atomic E-state index is 0.00541.